The molecule has 0 fully saturated rings. The molecule has 224 valence electrons. The van der Waals surface area contributed by atoms with Crippen molar-refractivity contribution in [3.05, 3.63) is 46.0 Å². The minimum atomic E-state index is 0.0815. The molecule has 0 aromatic heterocycles. The molecule has 40 heavy (non-hydrogen) atoms. The molecule has 0 saturated heterocycles. The SMILES string of the molecule is CCCCCCOc1cc(OCCCCCC)c(P=C([O-])c2c(C)cc(C)c(C)c2C)c(OCCCCCC)c1. The second kappa shape index (κ2) is 19.2. The molecule has 0 bridgehead atoms. The number of rotatable bonds is 20. The second-order valence-electron chi connectivity index (χ2n) is 11.0. The summed E-state index contributed by atoms with van der Waals surface area (Å²) in [6.45, 7) is 16.9. The molecule has 5 heteroatoms. The van der Waals surface area contributed by atoms with Crippen molar-refractivity contribution in [3.63, 3.8) is 0 Å². The first kappa shape index (κ1) is 34.2. The van der Waals surface area contributed by atoms with E-state index >= 15 is 0 Å². The van der Waals surface area contributed by atoms with Gasteiger partial charge >= 0.3 is 0 Å². The molecule has 0 amide bonds. The van der Waals surface area contributed by atoms with Crippen LogP contribution < -0.4 is 24.6 Å². The molecular formula is C35H54O4P-. The van der Waals surface area contributed by atoms with Crippen molar-refractivity contribution in [2.45, 2.75) is 126 Å². The maximum atomic E-state index is 13.9. The Balaban J connectivity index is 2.49. The Labute approximate surface area is 246 Å². The molecule has 2 rings (SSSR count). The number of aryl methyl sites for hydroxylation is 2. The Morgan fingerprint density at radius 2 is 1.07 bits per heavy atom. The average molecular weight is 570 g/mol. The van der Waals surface area contributed by atoms with Gasteiger partial charge in [0.2, 0.25) is 0 Å². The molecule has 2 aromatic rings. The van der Waals surface area contributed by atoms with Crippen LogP contribution in [0.3, 0.4) is 0 Å². The number of ether oxygens (including phenoxy) is 3. The highest BCUT2D eigenvalue weighted by atomic mass is 31.1. The second-order valence-corrected chi connectivity index (χ2v) is 12.1. The predicted molar refractivity (Wildman–Crippen MR) is 171 cm³/mol. The van der Waals surface area contributed by atoms with Crippen LogP contribution in [0.1, 0.15) is 126 Å². The van der Waals surface area contributed by atoms with Gasteiger partial charge in [-0.25, -0.2) is 0 Å². The van der Waals surface area contributed by atoms with Crippen LogP contribution >= 0.6 is 8.20 Å². The maximum Gasteiger partial charge on any atom is 0.138 e. The Hall–Kier alpha value is -2.03. The van der Waals surface area contributed by atoms with E-state index in [0.717, 1.165) is 66.3 Å². The van der Waals surface area contributed by atoms with Crippen LogP contribution in [0.5, 0.6) is 17.2 Å². The summed E-state index contributed by atoms with van der Waals surface area (Å²) < 4.78 is 18.9. The standard InChI is InChI=1S/C35H55O4P/c1-8-11-14-17-20-37-30-24-31(38-21-18-15-12-9-2)34(32(25-30)39-22-19-16-13-10-3)40-35(36)33-27(5)23-26(4)28(6)29(33)7/h23-25,36H,8-22H2,1-7H3/p-1. The van der Waals surface area contributed by atoms with Gasteiger partial charge in [0.1, 0.15) is 17.2 Å². The average Bonchev–Trinajstić information content (AvgIpc) is 2.92. The number of hydrogen-bond acceptors (Lipinski definition) is 4. The highest BCUT2D eigenvalue weighted by Crippen LogP contribution is 2.32. The Morgan fingerprint density at radius 3 is 1.55 bits per heavy atom. The van der Waals surface area contributed by atoms with Gasteiger partial charge in [0, 0.05) is 12.1 Å². The van der Waals surface area contributed by atoms with E-state index in [4.69, 9.17) is 14.2 Å². The van der Waals surface area contributed by atoms with Crippen molar-refractivity contribution in [1.29, 1.82) is 0 Å². The normalized spacial score (nSPS) is 11.7. The van der Waals surface area contributed by atoms with Crippen molar-refractivity contribution < 1.29 is 19.3 Å². The number of benzene rings is 2. The van der Waals surface area contributed by atoms with Gasteiger partial charge in [-0.3, -0.25) is 0 Å². The van der Waals surface area contributed by atoms with Gasteiger partial charge in [0.15, 0.2) is 0 Å². The molecule has 4 nitrogen and oxygen atoms in total. The molecule has 0 aliphatic carbocycles. The van der Waals surface area contributed by atoms with Crippen molar-refractivity contribution in [2.24, 2.45) is 0 Å². The minimum Gasteiger partial charge on any atom is -0.823 e. The van der Waals surface area contributed by atoms with Crippen LogP contribution in [0.2, 0.25) is 0 Å². The van der Waals surface area contributed by atoms with E-state index in [2.05, 4.69) is 47.6 Å². The molecule has 0 aliphatic rings. The topological polar surface area (TPSA) is 50.8 Å². The van der Waals surface area contributed by atoms with E-state index in [9.17, 15) is 5.11 Å². The summed E-state index contributed by atoms with van der Waals surface area (Å²) in [5, 5.41) is 14.7. The fraction of sp³-hybridized carbons (Fsp3) is 0.629. The summed E-state index contributed by atoms with van der Waals surface area (Å²) in [6.07, 6.45) is 13.6. The van der Waals surface area contributed by atoms with Gasteiger partial charge in [-0.1, -0.05) is 92.8 Å². The first-order valence-corrected chi connectivity index (χ1v) is 16.6. The fourth-order valence-corrected chi connectivity index (χ4v) is 6.02. The van der Waals surface area contributed by atoms with Crippen molar-refractivity contribution in [1.82, 2.24) is 0 Å². The van der Waals surface area contributed by atoms with Gasteiger partial charge in [0.25, 0.3) is 0 Å². The van der Waals surface area contributed by atoms with Crippen LogP contribution in [0, 0.1) is 27.7 Å². The minimum absolute atomic E-state index is 0.0815. The summed E-state index contributed by atoms with van der Waals surface area (Å²) in [4.78, 5) is 0. The Bertz CT molecular complexity index is 1020. The zero-order valence-corrected chi connectivity index (χ0v) is 27.3. The quantitative estimate of drug-likeness (QED) is 0.118. The van der Waals surface area contributed by atoms with E-state index in [1.165, 1.54) is 49.7 Å². The molecule has 0 saturated carbocycles. The third-order valence-electron chi connectivity index (χ3n) is 7.57. The first-order valence-electron chi connectivity index (χ1n) is 15.7. The molecule has 0 spiro atoms. The van der Waals surface area contributed by atoms with Gasteiger partial charge in [-0.05, 0) is 74.8 Å². The summed E-state index contributed by atoms with van der Waals surface area (Å²) in [6, 6.07) is 6.06. The van der Waals surface area contributed by atoms with Gasteiger partial charge in [0.05, 0.1) is 25.1 Å². The molecular weight excluding hydrogens is 515 g/mol. The molecule has 0 atom stereocenters. The summed E-state index contributed by atoms with van der Waals surface area (Å²) >= 11 is 0. The van der Waals surface area contributed by atoms with Gasteiger partial charge < -0.3 is 19.3 Å². The van der Waals surface area contributed by atoms with Crippen LogP contribution in [0.25, 0.3) is 0 Å². The summed E-state index contributed by atoms with van der Waals surface area (Å²) in [7, 11) is 0.573. The van der Waals surface area contributed by atoms with E-state index < -0.39 is 0 Å². The van der Waals surface area contributed by atoms with E-state index in [0.29, 0.717) is 39.5 Å². The molecule has 2 aromatic carbocycles. The zero-order chi connectivity index (χ0) is 29.3. The lowest BCUT2D eigenvalue weighted by Crippen LogP contribution is -2.22. The smallest absolute Gasteiger partial charge is 0.138 e. The zero-order valence-electron chi connectivity index (χ0n) is 26.4. The Morgan fingerprint density at radius 1 is 0.600 bits per heavy atom. The highest BCUT2D eigenvalue weighted by molar-refractivity contribution is 7.49. The summed E-state index contributed by atoms with van der Waals surface area (Å²) in [5.74, 6) is 2.18. The van der Waals surface area contributed by atoms with Crippen molar-refractivity contribution in [3.8, 4) is 17.2 Å². The van der Waals surface area contributed by atoms with E-state index in [1.54, 1.807) is 0 Å². The summed E-state index contributed by atoms with van der Waals surface area (Å²) in [5.41, 5.74) is 5.37. The molecule has 0 radical (unpaired) electrons. The third kappa shape index (κ3) is 11.1. The molecule has 0 aliphatic heterocycles. The molecule has 0 N–H and O–H groups in total. The lowest BCUT2D eigenvalue weighted by molar-refractivity contribution is -0.207. The van der Waals surface area contributed by atoms with Gasteiger partial charge in [-0.15, -0.1) is 5.48 Å². The predicted octanol–water partition coefficient (Wildman–Crippen LogP) is 8.91. The molecule has 0 unspecified atom stereocenters. The van der Waals surface area contributed by atoms with Crippen LogP contribution in [0.4, 0.5) is 0 Å². The lowest BCUT2D eigenvalue weighted by atomic mass is 9.95. The van der Waals surface area contributed by atoms with Crippen LogP contribution in [-0.4, -0.2) is 25.3 Å². The largest absolute Gasteiger partial charge is 0.823 e. The van der Waals surface area contributed by atoms with Crippen LogP contribution in [-0.2, 0) is 0 Å². The molecule has 0 heterocycles. The van der Waals surface area contributed by atoms with E-state index in [-0.39, 0.29) is 5.48 Å². The van der Waals surface area contributed by atoms with Crippen molar-refractivity contribution >= 4 is 19.0 Å². The fourth-order valence-electron chi connectivity index (χ4n) is 4.88. The van der Waals surface area contributed by atoms with Crippen LogP contribution in [0.15, 0.2) is 18.2 Å². The maximum absolute atomic E-state index is 13.9. The van der Waals surface area contributed by atoms with Gasteiger partial charge in [-0.2, -0.15) is 0 Å². The number of hydrogen-bond donors (Lipinski definition) is 0. The number of unbranched alkanes of at least 4 members (excludes halogenated alkanes) is 9. The first-order chi connectivity index (χ1) is 19.3. The van der Waals surface area contributed by atoms with E-state index in [1.807, 2.05) is 19.1 Å². The highest BCUT2D eigenvalue weighted by Gasteiger charge is 2.16. The Kier molecular flexibility index (Phi) is 16.4. The van der Waals surface area contributed by atoms with Crippen molar-refractivity contribution in [2.75, 3.05) is 19.8 Å². The lowest BCUT2D eigenvalue weighted by Gasteiger charge is -2.23. The third-order valence-corrected chi connectivity index (χ3v) is 8.67. The monoisotopic (exact) mass is 569 g/mol.